The van der Waals surface area contributed by atoms with Crippen LogP contribution in [0.1, 0.15) is 33.6 Å². The number of rotatable bonds is 3. The number of carbonyl (C=O) groups is 1. The molecule has 0 aliphatic carbocycles. The van der Waals surface area contributed by atoms with E-state index in [0.29, 0.717) is 29.8 Å². The van der Waals surface area contributed by atoms with E-state index in [0.717, 1.165) is 29.3 Å². The molecule has 1 aromatic carbocycles. The lowest BCUT2D eigenvalue weighted by Gasteiger charge is -2.34. The summed E-state index contributed by atoms with van der Waals surface area (Å²) in [6, 6.07) is 8.06. The van der Waals surface area contributed by atoms with Crippen LogP contribution in [0.2, 0.25) is 5.02 Å². The number of likely N-dealkylation sites (tertiary alicyclic amines) is 1. The number of carbonyl (C=O) groups excluding carboxylic acids is 1. The van der Waals surface area contributed by atoms with E-state index in [1.54, 1.807) is 11.1 Å². The standard InChI is InChI=1S/C22H26ClN5O2/c1-22(2,3)30-21(29)28-10-6-7-14(13-28)26-20-25-12-17(23)19(27-20)16-11-24-18-9-5-4-8-15(16)18/h4-5,8-9,11-12,14,24H,6-7,10,13H2,1-3H3,(H,25,26,27)/t14-/m1/s1. The minimum Gasteiger partial charge on any atom is -0.444 e. The fourth-order valence-electron chi connectivity index (χ4n) is 3.66. The van der Waals surface area contributed by atoms with Crippen molar-refractivity contribution in [3.8, 4) is 11.3 Å². The molecule has 3 aromatic rings. The number of hydrogen-bond donors (Lipinski definition) is 2. The first kappa shape index (κ1) is 20.5. The number of nitrogens with one attached hydrogen (secondary N) is 2. The molecule has 1 aliphatic rings. The number of fused-ring (bicyclic) bond motifs is 1. The van der Waals surface area contributed by atoms with Gasteiger partial charge in [-0.3, -0.25) is 0 Å². The average molecular weight is 428 g/mol. The Bertz CT molecular complexity index is 1060. The lowest BCUT2D eigenvalue weighted by Crippen LogP contribution is -2.47. The zero-order valence-electron chi connectivity index (χ0n) is 17.4. The molecule has 1 saturated heterocycles. The minimum atomic E-state index is -0.509. The number of nitrogens with zero attached hydrogens (tertiary/aromatic N) is 3. The third-order valence-electron chi connectivity index (χ3n) is 4.99. The number of piperidine rings is 1. The van der Waals surface area contributed by atoms with E-state index in [4.69, 9.17) is 16.3 Å². The highest BCUT2D eigenvalue weighted by Gasteiger charge is 2.28. The van der Waals surface area contributed by atoms with Crippen molar-refractivity contribution in [2.24, 2.45) is 0 Å². The van der Waals surface area contributed by atoms with Gasteiger partial charge in [-0.15, -0.1) is 0 Å². The second-order valence-corrected chi connectivity index (χ2v) is 8.96. The zero-order chi connectivity index (χ0) is 21.3. The molecule has 30 heavy (non-hydrogen) atoms. The Morgan fingerprint density at radius 3 is 2.93 bits per heavy atom. The maximum absolute atomic E-state index is 12.4. The van der Waals surface area contributed by atoms with Crippen molar-refractivity contribution in [3.63, 3.8) is 0 Å². The van der Waals surface area contributed by atoms with Gasteiger partial charge in [0.05, 0.1) is 16.9 Å². The van der Waals surface area contributed by atoms with Gasteiger partial charge in [0.15, 0.2) is 0 Å². The lowest BCUT2D eigenvalue weighted by molar-refractivity contribution is 0.0206. The van der Waals surface area contributed by atoms with Crippen LogP contribution in [-0.4, -0.2) is 50.7 Å². The zero-order valence-corrected chi connectivity index (χ0v) is 18.2. The Balaban J connectivity index is 1.51. The van der Waals surface area contributed by atoms with E-state index >= 15 is 0 Å². The molecule has 8 heteroatoms. The predicted molar refractivity (Wildman–Crippen MR) is 119 cm³/mol. The summed E-state index contributed by atoms with van der Waals surface area (Å²) in [5, 5.41) is 4.91. The Hall–Kier alpha value is -2.80. The molecule has 0 bridgehead atoms. The maximum atomic E-state index is 12.4. The van der Waals surface area contributed by atoms with Crippen molar-refractivity contribution in [2.45, 2.75) is 45.3 Å². The minimum absolute atomic E-state index is 0.0447. The molecule has 0 spiro atoms. The number of halogens is 1. The van der Waals surface area contributed by atoms with Crippen LogP contribution in [0.3, 0.4) is 0 Å². The van der Waals surface area contributed by atoms with Gasteiger partial charge in [-0.2, -0.15) is 0 Å². The van der Waals surface area contributed by atoms with Crippen molar-refractivity contribution >= 4 is 34.5 Å². The van der Waals surface area contributed by atoms with E-state index in [1.807, 2.05) is 51.2 Å². The molecule has 2 aromatic heterocycles. The van der Waals surface area contributed by atoms with Gasteiger partial charge in [-0.05, 0) is 39.7 Å². The number of para-hydroxylation sites is 1. The van der Waals surface area contributed by atoms with Gasteiger partial charge in [-0.25, -0.2) is 14.8 Å². The second-order valence-electron chi connectivity index (χ2n) is 8.55. The van der Waals surface area contributed by atoms with Crippen LogP contribution < -0.4 is 5.32 Å². The summed E-state index contributed by atoms with van der Waals surface area (Å²) < 4.78 is 5.51. The largest absolute Gasteiger partial charge is 0.444 e. The molecule has 3 heterocycles. The molecule has 1 aliphatic heterocycles. The molecule has 0 radical (unpaired) electrons. The smallest absolute Gasteiger partial charge is 0.410 e. The molecule has 4 rings (SSSR count). The van der Waals surface area contributed by atoms with Crippen molar-refractivity contribution in [1.82, 2.24) is 19.9 Å². The van der Waals surface area contributed by atoms with Crippen LogP contribution in [0.5, 0.6) is 0 Å². The Morgan fingerprint density at radius 2 is 2.13 bits per heavy atom. The number of amides is 1. The number of anilines is 1. The fraction of sp³-hybridized carbons (Fsp3) is 0.409. The van der Waals surface area contributed by atoms with Gasteiger partial charge < -0.3 is 19.9 Å². The molecule has 0 saturated carbocycles. The monoisotopic (exact) mass is 427 g/mol. The highest BCUT2D eigenvalue weighted by Crippen LogP contribution is 2.32. The Labute approximate surface area is 180 Å². The molecular formula is C22H26ClN5O2. The van der Waals surface area contributed by atoms with Gasteiger partial charge in [0.25, 0.3) is 0 Å². The van der Waals surface area contributed by atoms with Gasteiger partial charge >= 0.3 is 6.09 Å². The van der Waals surface area contributed by atoms with Crippen LogP contribution in [-0.2, 0) is 4.74 Å². The fourth-order valence-corrected chi connectivity index (χ4v) is 3.86. The van der Waals surface area contributed by atoms with E-state index in [1.165, 1.54) is 0 Å². The average Bonchev–Trinajstić information content (AvgIpc) is 3.12. The third-order valence-corrected chi connectivity index (χ3v) is 5.27. The van der Waals surface area contributed by atoms with E-state index in [9.17, 15) is 4.79 Å². The van der Waals surface area contributed by atoms with Gasteiger partial charge in [0.2, 0.25) is 5.95 Å². The number of aromatic amines is 1. The molecule has 1 amide bonds. The number of aromatic nitrogens is 3. The molecule has 2 N–H and O–H groups in total. The molecular weight excluding hydrogens is 402 g/mol. The van der Waals surface area contributed by atoms with Crippen LogP contribution >= 0.6 is 11.6 Å². The van der Waals surface area contributed by atoms with Crippen molar-refractivity contribution in [1.29, 1.82) is 0 Å². The van der Waals surface area contributed by atoms with Gasteiger partial charge in [-0.1, -0.05) is 29.8 Å². The van der Waals surface area contributed by atoms with Crippen LogP contribution in [0, 0.1) is 0 Å². The quantitative estimate of drug-likeness (QED) is 0.608. The van der Waals surface area contributed by atoms with E-state index in [2.05, 4.69) is 20.3 Å². The number of ether oxygens (including phenoxy) is 1. The van der Waals surface area contributed by atoms with Crippen LogP contribution in [0.25, 0.3) is 22.2 Å². The summed E-state index contributed by atoms with van der Waals surface area (Å²) in [5.41, 5.74) is 2.12. The summed E-state index contributed by atoms with van der Waals surface area (Å²) in [6.45, 7) is 6.85. The molecule has 7 nitrogen and oxygen atoms in total. The maximum Gasteiger partial charge on any atom is 0.410 e. The number of H-pyrrole nitrogens is 1. The number of benzene rings is 1. The van der Waals surface area contributed by atoms with Crippen molar-refractivity contribution < 1.29 is 9.53 Å². The first-order valence-corrected chi connectivity index (χ1v) is 10.5. The van der Waals surface area contributed by atoms with E-state index in [-0.39, 0.29) is 12.1 Å². The summed E-state index contributed by atoms with van der Waals surface area (Å²) >= 11 is 6.42. The van der Waals surface area contributed by atoms with Crippen LogP contribution in [0.15, 0.2) is 36.7 Å². The highest BCUT2D eigenvalue weighted by atomic mass is 35.5. The van der Waals surface area contributed by atoms with Gasteiger partial charge in [0.1, 0.15) is 5.60 Å². The topological polar surface area (TPSA) is 83.1 Å². The van der Waals surface area contributed by atoms with Gasteiger partial charge in [0, 0.05) is 41.8 Å². The summed E-state index contributed by atoms with van der Waals surface area (Å²) in [7, 11) is 0. The van der Waals surface area contributed by atoms with Crippen molar-refractivity contribution in [3.05, 3.63) is 41.7 Å². The molecule has 1 atom stereocenters. The Morgan fingerprint density at radius 1 is 1.33 bits per heavy atom. The first-order valence-electron chi connectivity index (χ1n) is 10.1. The predicted octanol–water partition coefficient (Wildman–Crippen LogP) is 5.09. The normalized spacial score (nSPS) is 17.2. The third kappa shape index (κ3) is 4.51. The Kier molecular flexibility index (Phi) is 5.56. The first-order chi connectivity index (χ1) is 14.3. The lowest BCUT2D eigenvalue weighted by atomic mass is 10.1. The highest BCUT2D eigenvalue weighted by molar-refractivity contribution is 6.33. The molecule has 158 valence electrons. The summed E-state index contributed by atoms with van der Waals surface area (Å²) in [5.74, 6) is 0.496. The van der Waals surface area contributed by atoms with E-state index < -0.39 is 5.60 Å². The summed E-state index contributed by atoms with van der Waals surface area (Å²) in [6.07, 6.45) is 5.05. The summed E-state index contributed by atoms with van der Waals surface area (Å²) in [4.78, 5) is 26.4. The van der Waals surface area contributed by atoms with Crippen molar-refractivity contribution in [2.75, 3.05) is 18.4 Å². The molecule has 1 fully saturated rings. The number of hydrogen-bond acceptors (Lipinski definition) is 5. The molecule has 0 unspecified atom stereocenters. The van der Waals surface area contributed by atoms with Crippen LogP contribution in [0.4, 0.5) is 10.7 Å². The SMILES string of the molecule is CC(C)(C)OC(=O)N1CCC[C@@H](Nc2ncc(Cl)c(-c3c[nH]c4ccccc34)n2)C1. The second kappa shape index (κ2) is 8.14.